The number of nitrogens with zero attached hydrogens (tertiary/aromatic N) is 2. The second-order valence-electron chi connectivity index (χ2n) is 4.66. The van der Waals surface area contributed by atoms with Gasteiger partial charge in [-0.2, -0.15) is 0 Å². The number of halogens is 1. The van der Waals surface area contributed by atoms with Crippen LogP contribution in [0.3, 0.4) is 0 Å². The van der Waals surface area contributed by atoms with Crippen LogP contribution in [0.1, 0.15) is 5.56 Å². The molecule has 6 heteroatoms. The summed E-state index contributed by atoms with van der Waals surface area (Å²) in [6.45, 7) is 5.37. The minimum absolute atomic E-state index is 0.182. The van der Waals surface area contributed by atoms with Gasteiger partial charge in [-0.3, -0.25) is 0 Å². The molecule has 0 saturated heterocycles. The van der Waals surface area contributed by atoms with E-state index in [1.165, 1.54) is 0 Å². The normalized spacial score (nSPS) is 11.4. The summed E-state index contributed by atoms with van der Waals surface area (Å²) in [5, 5.41) is 4.16. The second-order valence-corrected chi connectivity index (χ2v) is 8.19. The van der Waals surface area contributed by atoms with Gasteiger partial charge < -0.3 is 9.88 Å². The highest BCUT2D eigenvalue weighted by Gasteiger charge is 2.16. The number of anilines is 2. The summed E-state index contributed by atoms with van der Waals surface area (Å²) in [5.74, 6) is 0.626. The molecule has 4 nitrogen and oxygen atoms in total. The van der Waals surface area contributed by atoms with E-state index in [0.29, 0.717) is 5.82 Å². The van der Waals surface area contributed by atoms with Crippen LogP contribution in [0.5, 0.6) is 0 Å². The zero-order valence-electron chi connectivity index (χ0n) is 11.0. The molecule has 0 bridgehead atoms. The molecule has 0 aliphatic heterocycles. The van der Waals surface area contributed by atoms with Gasteiger partial charge in [0.2, 0.25) is 5.28 Å². The largest absolute Gasteiger partial charge is 0.339 e. The van der Waals surface area contributed by atoms with E-state index in [9.17, 15) is 4.57 Å². The molecular weight excluding hydrogens is 281 g/mol. The van der Waals surface area contributed by atoms with Crippen molar-refractivity contribution in [2.24, 2.45) is 0 Å². The van der Waals surface area contributed by atoms with Crippen molar-refractivity contribution in [3.8, 4) is 0 Å². The van der Waals surface area contributed by atoms with Crippen LogP contribution < -0.4 is 10.6 Å². The number of hydrogen-bond donors (Lipinski definition) is 1. The minimum Gasteiger partial charge on any atom is -0.339 e. The highest BCUT2D eigenvalue weighted by atomic mass is 35.5. The highest BCUT2D eigenvalue weighted by Crippen LogP contribution is 2.38. The van der Waals surface area contributed by atoms with Gasteiger partial charge in [0.25, 0.3) is 0 Å². The summed E-state index contributed by atoms with van der Waals surface area (Å²) in [4.78, 5) is 8.06. The van der Waals surface area contributed by atoms with Crippen LogP contribution in [0, 0.1) is 6.92 Å². The van der Waals surface area contributed by atoms with E-state index in [1.54, 1.807) is 19.5 Å². The minimum atomic E-state index is -2.36. The fourth-order valence-corrected chi connectivity index (χ4v) is 3.01. The molecule has 0 atom stereocenters. The Kier molecular flexibility index (Phi) is 3.93. The third-order valence-electron chi connectivity index (χ3n) is 2.68. The van der Waals surface area contributed by atoms with Crippen molar-refractivity contribution in [1.82, 2.24) is 9.97 Å². The van der Waals surface area contributed by atoms with Crippen LogP contribution >= 0.6 is 18.7 Å². The standard InChI is InChI=1S/C13H15ClN3OP/c1-9-8-15-13(14)17-12(9)16-10-6-4-5-7-11(10)19(2,3)18/h4-8H,1-3H3,(H,15,16,17). The average Bonchev–Trinajstić information content (AvgIpc) is 2.33. The Labute approximate surface area is 117 Å². The number of rotatable bonds is 3. The first-order valence-corrected chi connectivity index (χ1v) is 8.76. The van der Waals surface area contributed by atoms with Crippen molar-refractivity contribution in [2.45, 2.75) is 6.92 Å². The molecule has 19 heavy (non-hydrogen) atoms. The van der Waals surface area contributed by atoms with E-state index in [0.717, 1.165) is 16.6 Å². The number of aryl methyl sites for hydroxylation is 1. The lowest BCUT2D eigenvalue weighted by Gasteiger charge is -2.15. The molecule has 2 aromatic rings. The highest BCUT2D eigenvalue weighted by molar-refractivity contribution is 7.70. The maximum atomic E-state index is 12.3. The number of hydrogen-bond acceptors (Lipinski definition) is 4. The van der Waals surface area contributed by atoms with Crippen molar-refractivity contribution in [1.29, 1.82) is 0 Å². The molecule has 0 spiro atoms. The summed E-state index contributed by atoms with van der Waals surface area (Å²) in [7, 11) is -2.36. The molecule has 1 aromatic heterocycles. The van der Waals surface area contributed by atoms with Gasteiger partial charge in [0.1, 0.15) is 13.0 Å². The molecule has 0 fully saturated rings. The molecule has 0 aliphatic rings. The van der Waals surface area contributed by atoms with E-state index in [2.05, 4.69) is 15.3 Å². The molecule has 0 radical (unpaired) electrons. The quantitative estimate of drug-likeness (QED) is 0.696. The lowest BCUT2D eigenvalue weighted by atomic mass is 10.3. The van der Waals surface area contributed by atoms with Gasteiger partial charge in [-0.05, 0) is 44.0 Å². The maximum absolute atomic E-state index is 12.3. The zero-order chi connectivity index (χ0) is 14.0. The smallest absolute Gasteiger partial charge is 0.224 e. The van der Waals surface area contributed by atoms with Crippen LogP contribution in [0.15, 0.2) is 30.5 Å². The maximum Gasteiger partial charge on any atom is 0.224 e. The topological polar surface area (TPSA) is 54.9 Å². The number of para-hydroxylation sites is 1. The van der Waals surface area contributed by atoms with Crippen molar-refractivity contribution >= 4 is 35.6 Å². The Morgan fingerprint density at radius 1 is 1.26 bits per heavy atom. The van der Waals surface area contributed by atoms with E-state index >= 15 is 0 Å². The van der Waals surface area contributed by atoms with Gasteiger partial charge in [0.15, 0.2) is 0 Å². The average molecular weight is 296 g/mol. The van der Waals surface area contributed by atoms with Crippen LogP contribution in [0.25, 0.3) is 0 Å². The Morgan fingerprint density at radius 2 is 1.95 bits per heavy atom. The molecular formula is C13H15ClN3OP. The van der Waals surface area contributed by atoms with E-state index in [1.807, 2.05) is 31.2 Å². The first-order valence-electron chi connectivity index (χ1n) is 5.78. The molecule has 2 rings (SSSR count). The Balaban J connectivity index is 2.44. The number of nitrogens with one attached hydrogen (secondary N) is 1. The SMILES string of the molecule is Cc1cnc(Cl)nc1Nc1ccccc1P(C)(C)=O. The molecule has 1 aromatic carbocycles. The first-order chi connectivity index (χ1) is 8.88. The summed E-state index contributed by atoms with van der Waals surface area (Å²) in [6, 6.07) is 7.51. The van der Waals surface area contributed by atoms with Gasteiger partial charge in [-0.1, -0.05) is 12.1 Å². The second kappa shape index (κ2) is 5.32. The number of aromatic nitrogens is 2. The van der Waals surface area contributed by atoms with Crippen molar-refractivity contribution in [3.05, 3.63) is 41.3 Å². The zero-order valence-corrected chi connectivity index (χ0v) is 12.7. The van der Waals surface area contributed by atoms with Gasteiger partial charge in [-0.25, -0.2) is 9.97 Å². The van der Waals surface area contributed by atoms with E-state index in [4.69, 9.17) is 11.6 Å². The summed E-state index contributed by atoms with van der Waals surface area (Å²) >= 11 is 5.80. The predicted molar refractivity (Wildman–Crippen MR) is 80.6 cm³/mol. The molecule has 0 unspecified atom stereocenters. The summed E-state index contributed by atoms with van der Waals surface area (Å²) < 4.78 is 12.3. The first kappa shape index (κ1) is 14.0. The third kappa shape index (κ3) is 3.34. The fourth-order valence-electron chi connectivity index (χ4n) is 1.72. The molecule has 0 amide bonds. The van der Waals surface area contributed by atoms with Crippen LogP contribution in [0.2, 0.25) is 5.28 Å². The predicted octanol–water partition coefficient (Wildman–Crippen LogP) is 3.43. The van der Waals surface area contributed by atoms with E-state index < -0.39 is 7.14 Å². The van der Waals surface area contributed by atoms with Gasteiger partial charge in [-0.15, -0.1) is 0 Å². The van der Waals surface area contributed by atoms with Crippen molar-refractivity contribution in [2.75, 3.05) is 18.6 Å². The van der Waals surface area contributed by atoms with Crippen LogP contribution in [-0.2, 0) is 4.57 Å². The summed E-state index contributed by atoms with van der Waals surface area (Å²) in [5.41, 5.74) is 1.66. The number of benzene rings is 1. The fraction of sp³-hybridized carbons (Fsp3) is 0.231. The molecule has 0 saturated carbocycles. The Morgan fingerprint density at radius 3 is 2.63 bits per heavy atom. The van der Waals surface area contributed by atoms with Crippen molar-refractivity contribution < 1.29 is 4.57 Å². The Bertz CT molecular complexity index is 654. The lowest BCUT2D eigenvalue weighted by molar-refractivity contribution is 0.588. The third-order valence-corrected chi connectivity index (χ3v) is 4.41. The molecule has 1 N–H and O–H groups in total. The lowest BCUT2D eigenvalue weighted by Crippen LogP contribution is -2.10. The van der Waals surface area contributed by atoms with Crippen LogP contribution in [0.4, 0.5) is 11.5 Å². The van der Waals surface area contributed by atoms with Gasteiger partial charge in [0.05, 0.1) is 5.69 Å². The summed E-state index contributed by atoms with van der Waals surface area (Å²) in [6.07, 6.45) is 1.65. The Hall–Kier alpha value is -1.38. The van der Waals surface area contributed by atoms with Gasteiger partial charge in [0, 0.05) is 17.1 Å². The van der Waals surface area contributed by atoms with E-state index in [-0.39, 0.29) is 5.28 Å². The van der Waals surface area contributed by atoms with Crippen LogP contribution in [-0.4, -0.2) is 23.3 Å². The van der Waals surface area contributed by atoms with Crippen molar-refractivity contribution in [3.63, 3.8) is 0 Å². The van der Waals surface area contributed by atoms with Gasteiger partial charge >= 0.3 is 0 Å². The molecule has 0 aliphatic carbocycles. The monoisotopic (exact) mass is 295 g/mol. The molecule has 1 heterocycles. The molecule has 100 valence electrons.